The SMILES string of the molecule is CC(C)(C(=O)O)n1nnnc1CC(F)(F)F. The summed E-state index contributed by atoms with van der Waals surface area (Å²) in [6.07, 6.45) is -5.85. The van der Waals surface area contributed by atoms with Gasteiger partial charge >= 0.3 is 12.1 Å². The van der Waals surface area contributed by atoms with E-state index in [-0.39, 0.29) is 0 Å². The first-order chi connectivity index (χ1) is 7.14. The molecule has 0 aliphatic heterocycles. The zero-order chi connectivity index (χ0) is 12.6. The summed E-state index contributed by atoms with van der Waals surface area (Å²) in [7, 11) is 0. The smallest absolute Gasteiger partial charge is 0.396 e. The molecule has 90 valence electrons. The summed E-state index contributed by atoms with van der Waals surface area (Å²) in [4.78, 5) is 10.8. The van der Waals surface area contributed by atoms with Gasteiger partial charge in [-0.25, -0.2) is 9.48 Å². The van der Waals surface area contributed by atoms with Crippen molar-refractivity contribution >= 4 is 5.97 Å². The number of carbonyl (C=O) groups is 1. The van der Waals surface area contributed by atoms with E-state index in [0.717, 1.165) is 0 Å². The Bertz CT molecular complexity index is 399. The first-order valence-corrected chi connectivity index (χ1v) is 4.22. The second-order valence-corrected chi connectivity index (χ2v) is 3.66. The molecule has 0 saturated carbocycles. The summed E-state index contributed by atoms with van der Waals surface area (Å²) in [6.45, 7) is 2.43. The topological polar surface area (TPSA) is 80.9 Å². The number of nitrogens with zero attached hydrogens (tertiary/aromatic N) is 4. The van der Waals surface area contributed by atoms with Gasteiger partial charge < -0.3 is 5.11 Å². The average Bonchev–Trinajstić information content (AvgIpc) is 2.49. The van der Waals surface area contributed by atoms with Gasteiger partial charge in [-0.15, -0.1) is 5.10 Å². The van der Waals surface area contributed by atoms with Crippen LogP contribution in [0, 0.1) is 0 Å². The molecule has 16 heavy (non-hydrogen) atoms. The number of tetrazole rings is 1. The zero-order valence-electron chi connectivity index (χ0n) is 8.49. The normalized spacial score (nSPS) is 12.8. The van der Waals surface area contributed by atoms with Crippen molar-refractivity contribution in [2.24, 2.45) is 0 Å². The van der Waals surface area contributed by atoms with Crippen LogP contribution in [0.3, 0.4) is 0 Å². The lowest BCUT2D eigenvalue weighted by molar-refractivity contribution is -0.147. The van der Waals surface area contributed by atoms with Crippen LogP contribution in [0.25, 0.3) is 0 Å². The number of aromatic nitrogens is 4. The van der Waals surface area contributed by atoms with Crippen molar-refractivity contribution in [3.63, 3.8) is 0 Å². The predicted molar refractivity (Wildman–Crippen MR) is 44.5 cm³/mol. The van der Waals surface area contributed by atoms with Gasteiger partial charge in [-0.05, 0) is 24.3 Å². The molecule has 0 radical (unpaired) electrons. The third-order valence-corrected chi connectivity index (χ3v) is 1.95. The van der Waals surface area contributed by atoms with Gasteiger partial charge in [0.15, 0.2) is 11.4 Å². The van der Waals surface area contributed by atoms with Crippen molar-refractivity contribution in [2.45, 2.75) is 32.0 Å². The molecule has 0 saturated heterocycles. The maximum atomic E-state index is 12.1. The maximum Gasteiger partial charge on any atom is 0.396 e. The van der Waals surface area contributed by atoms with Gasteiger partial charge in [-0.3, -0.25) is 0 Å². The van der Waals surface area contributed by atoms with E-state index in [2.05, 4.69) is 15.5 Å². The second-order valence-electron chi connectivity index (χ2n) is 3.66. The van der Waals surface area contributed by atoms with E-state index in [4.69, 9.17) is 5.11 Å². The van der Waals surface area contributed by atoms with Gasteiger partial charge in [0, 0.05) is 0 Å². The van der Waals surface area contributed by atoms with E-state index in [0.29, 0.717) is 4.68 Å². The summed E-state index contributed by atoms with van der Waals surface area (Å²) in [5.74, 6) is -1.84. The molecule has 1 aromatic rings. The third-order valence-electron chi connectivity index (χ3n) is 1.95. The number of carboxylic acids is 1. The molecule has 6 nitrogen and oxygen atoms in total. The number of carboxylic acid groups (broad SMARTS) is 1. The Labute approximate surface area is 88.1 Å². The van der Waals surface area contributed by atoms with Crippen LogP contribution in [0.2, 0.25) is 0 Å². The fraction of sp³-hybridized carbons (Fsp3) is 0.714. The lowest BCUT2D eigenvalue weighted by Gasteiger charge is -2.20. The molecule has 0 aliphatic carbocycles. The molecule has 0 unspecified atom stereocenters. The summed E-state index contributed by atoms with van der Waals surface area (Å²) in [5.41, 5.74) is -1.62. The largest absolute Gasteiger partial charge is 0.479 e. The summed E-state index contributed by atoms with van der Waals surface area (Å²) < 4.78 is 37.1. The zero-order valence-corrected chi connectivity index (χ0v) is 8.49. The number of hydrogen-bond donors (Lipinski definition) is 1. The molecule has 0 spiro atoms. The second kappa shape index (κ2) is 3.72. The highest BCUT2D eigenvalue weighted by atomic mass is 19.4. The van der Waals surface area contributed by atoms with Crippen molar-refractivity contribution in [3.8, 4) is 0 Å². The van der Waals surface area contributed by atoms with Gasteiger partial charge in [0.1, 0.15) is 6.42 Å². The molecule has 1 aromatic heterocycles. The molecule has 0 fully saturated rings. The number of halogens is 3. The first-order valence-electron chi connectivity index (χ1n) is 4.22. The minimum atomic E-state index is -4.49. The Morgan fingerprint density at radius 2 is 2.00 bits per heavy atom. The fourth-order valence-corrected chi connectivity index (χ4v) is 1.02. The standard InChI is InChI=1S/C7H9F3N4O2/c1-6(2,5(15)16)14-4(11-12-13-14)3-7(8,9)10/h3H2,1-2H3,(H,15,16). The van der Waals surface area contributed by atoms with Crippen molar-refractivity contribution in [1.82, 2.24) is 20.2 Å². The molecule has 1 rings (SSSR count). The fourth-order valence-electron chi connectivity index (χ4n) is 1.02. The molecular weight excluding hydrogens is 229 g/mol. The highest BCUT2D eigenvalue weighted by Gasteiger charge is 2.37. The van der Waals surface area contributed by atoms with Crippen LogP contribution in [-0.4, -0.2) is 37.5 Å². The van der Waals surface area contributed by atoms with E-state index >= 15 is 0 Å². The van der Waals surface area contributed by atoms with E-state index < -0.39 is 29.9 Å². The predicted octanol–water partition coefficient (Wildman–Crippen LogP) is 0.598. The van der Waals surface area contributed by atoms with Crippen LogP contribution < -0.4 is 0 Å². The number of rotatable bonds is 3. The van der Waals surface area contributed by atoms with Crippen molar-refractivity contribution in [1.29, 1.82) is 0 Å². The molecule has 0 aromatic carbocycles. The summed E-state index contributed by atoms with van der Waals surface area (Å²) in [5, 5.41) is 18.3. The molecule has 0 amide bonds. The number of alkyl halides is 3. The highest BCUT2D eigenvalue weighted by Crippen LogP contribution is 2.22. The van der Waals surface area contributed by atoms with Crippen LogP contribution in [0.15, 0.2) is 0 Å². The van der Waals surface area contributed by atoms with Crippen LogP contribution in [0.1, 0.15) is 19.7 Å². The lowest BCUT2D eigenvalue weighted by atomic mass is 10.1. The van der Waals surface area contributed by atoms with Crippen LogP contribution in [-0.2, 0) is 16.8 Å². The monoisotopic (exact) mass is 238 g/mol. The Morgan fingerprint density at radius 1 is 1.44 bits per heavy atom. The molecular formula is C7H9F3N4O2. The number of hydrogen-bond acceptors (Lipinski definition) is 4. The van der Waals surface area contributed by atoms with Crippen molar-refractivity contribution < 1.29 is 23.1 Å². The van der Waals surface area contributed by atoms with Gasteiger partial charge in [-0.2, -0.15) is 13.2 Å². The van der Waals surface area contributed by atoms with Gasteiger partial charge in [0.2, 0.25) is 0 Å². The van der Waals surface area contributed by atoms with Crippen LogP contribution in [0.4, 0.5) is 13.2 Å². The van der Waals surface area contributed by atoms with E-state index in [1.165, 1.54) is 13.8 Å². The summed E-state index contributed by atoms with van der Waals surface area (Å²) in [6, 6.07) is 0. The van der Waals surface area contributed by atoms with Gasteiger partial charge in [-0.1, -0.05) is 0 Å². The Kier molecular flexibility index (Phi) is 2.89. The molecule has 0 aliphatic rings. The third kappa shape index (κ3) is 2.47. The molecule has 1 heterocycles. The Hall–Kier alpha value is -1.67. The molecule has 0 atom stereocenters. The van der Waals surface area contributed by atoms with E-state index in [1.54, 1.807) is 0 Å². The number of aliphatic carboxylic acids is 1. The molecule has 1 N–H and O–H groups in total. The Balaban J connectivity index is 3.08. The highest BCUT2D eigenvalue weighted by molar-refractivity contribution is 5.75. The average molecular weight is 238 g/mol. The van der Waals surface area contributed by atoms with Gasteiger partial charge in [0.05, 0.1) is 0 Å². The van der Waals surface area contributed by atoms with Gasteiger partial charge in [0.25, 0.3) is 0 Å². The molecule has 9 heteroatoms. The van der Waals surface area contributed by atoms with Crippen molar-refractivity contribution in [3.05, 3.63) is 5.82 Å². The van der Waals surface area contributed by atoms with E-state index in [9.17, 15) is 18.0 Å². The van der Waals surface area contributed by atoms with Crippen LogP contribution >= 0.6 is 0 Å². The van der Waals surface area contributed by atoms with Crippen molar-refractivity contribution in [2.75, 3.05) is 0 Å². The Morgan fingerprint density at radius 3 is 2.44 bits per heavy atom. The van der Waals surface area contributed by atoms with E-state index in [1.807, 2.05) is 0 Å². The maximum absolute atomic E-state index is 12.1. The quantitative estimate of drug-likeness (QED) is 0.833. The van der Waals surface area contributed by atoms with Crippen LogP contribution in [0.5, 0.6) is 0 Å². The summed E-state index contributed by atoms with van der Waals surface area (Å²) >= 11 is 0. The lowest BCUT2D eigenvalue weighted by Crippen LogP contribution is -2.38. The first kappa shape index (κ1) is 12.4. The minimum absolute atomic E-state index is 0.528. The molecule has 0 bridgehead atoms. The minimum Gasteiger partial charge on any atom is -0.479 e.